The zero-order valence-electron chi connectivity index (χ0n) is 85.7. The van der Waals surface area contributed by atoms with Crippen molar-refractivity contribution in [1.29, 1.82) is 0 Å². The van der Waals surface area contributed by atoms with Crippen LogP contribution in [0.1, 0.15) is 173 Å². The fourth-order valence-electron chi connectivity index (χ4n) is 23.5. The molecular formula is C130H121N10O5+5. The summed E-state index contributed by atoms with van der Waals surface area (Å²) in [6.07, 6.45) is 32.8. The van der Waals surface area contributed by atoms with Crippen molar-refractivity contribution in [1.82, 2.24) is 24.9 Å². The van der Waals surface area contributed by atoms with Crippen LogP contribution in [0.4, 0.5) is 0 Å². The highest BCUT2D eigenvalue weighted by molar-refractivity contribution is 6.28. The molecule has 2 fully saturated rings. The number of pyridine rings is 10. The lowest BCUT2D eigenvalue weighted by Crippen LogP contribution is -2.32. The van der Waals surface area contributed by atoms with Crippen molar-refractivity contribution in [2.75, 3.05) is 0 Å². The minimum atomic E-state index is 0.0717. The van der Waals surface area contributed by atoms with E-state index in [0.717, 1.165) is 99.8 Å². The molecule has 27 rings (SSSR count). The smallest absolute Gasteiger partial charge is 0.227 e. The first-order valence-corrected chi connectivity index (χ1v) is 51.5. The van der Waals surface area contributed by atoms with Gasteiger partial charge < -0.3 is 22.1 Å². The van der Waals surface area contributed by atoms with Gasteiger partial charge in [-0.05, 0) is 260 Å². The highest BCUT2D eigenvalue weighted by Gasteiger charge is 2.34. The number of aryl methyl sites for hydroxylation is 11. The second-order valence-electron chi connectivity index (χ2n) is 41.4. The van der Waals surface area contributed by atoms with Crippen LogP contribution >= 0.6 is 0 Å². The first-order chi connectivity index (χ1) is 70.5. The van der Waals surface area contributed by atoms with E-state index < -0.39 is 0 Å². The largest absolute Gasteiger partial charge is 0.437 e. The molecule has 716 valence electrons. The molecule has 0 radical (unpaired) electrons. The number of aromatic nitrogens is 10. The van der Waals surface area contributed by atoms with Gasteiger partial charge in [0, 0.05) is 146 Å². The maximum absolute atomic E-state index is 6.44. The van der Waals surface area contributed by atoms with Gasteiger partial charge in [0.1, 0.15) is 35.2 Å². The Balaban J connectivity index is 0.000000100. The third-order valence-corrected chi connectivity index (χ3v) is 31.4. The van der Waals surface area contributed by atoms with E-state index in [1.54, 1.807) is 24.8 Å². The van der Waals surface area contributed by atoms with Crippen LogP contribution in [0.5, 0.6) is 0 Å². The molecule has 10 aromatic carbocycles. The number of benzene rings is 10. The zero-order chi connectivity index (χ0) is 99.5. The molecule has 0 saturated heterocycles. The summed E-state index contributed by atoms with van der Waals surface area (Å²) in [5.74, 6) is 1.81. The van der Waals surface area contributed by atoms with Gasteiger partial charge >= 0.3 is 0 Å². The Morgan fingerprint density at radius 3 is 0.821 bits per heavy atom. The maximum atomic E-state index is 6.44. The maximum Gasteiger partial charge on any atom is 0.227 e. The van der Waals surface area contributed by atoms with Crippen molar-refractivity contribution in [2.24, 2.45) is 35.2 Å². The number of hydrogen-bond acceptors (Lipinski definition) is 10. The van der Waals surface area contributed by atoms with Crippen molar-refractivity contribution in [2.45, 2.75) is 164 Å². The molecule has 0 aliphatic heterocycles. The minimum Gasteiger partial charge on any atom is -0.437 e. The van der Waals surface area contributed by atoms with Gasteiger partial charge in [-0.3, -0.25) is 0 Å². The summed E-state index contributed by atoms with van der Waals surface area (Å²) >= 11 is 0. The van der Waals surface area contributed by atoms with Crippen molar-refractivity contribution in [3.8, 4) is 56.3 Å². The lowest BCUT2D eigenvalue weighted by Gasteiger charge is -2.22. The van der Waals surface area contributed by atoms with Crippen LogP contribution in [0.2, 0.25) is 0 Å². The molecule has 0 N–H and O–H groups in total. The third-order valence-electron chi connectivity index (χ3n) is 31.4. The highest BCUT2D eigenvalue weighted by atomic mass is 16.4. The van der Waals surface area contributed by atoms with Gasteiger partial charge in [0.25, 0.3) is 0 Å². The summed E-state index contributed by atoms with van der Waals surface area (Å²) in [7, 11) is 10.6. The molecule has 2 aliphatic rings. The Morgan fingerprint density at radius 2 is 0.531 bits per heavy atom. The normalized spacial score (nSPS) is 13.3. The number of fused-ring (bicyclic) bond motifs is 25. The van der Waals surface area contributed by atoms with Crippen LogP contribution in [0, 0.1) is 34.6 Å². The van der Waals surface area contributed by atoms with Crippen LogP contribution in [-0.4, -0.2) is 24.9 Å². The molecule has 15 heterocycles. The van der Waals surface area contributed by atoms with E-state index in [1.165, 1.54) is 212 Å². The fourth-order valence-corrected chi connectivity index (χ4v) is 23.5. The Morgan fingerprint density at radius 1 is 0.283 bits per heavy atom. The third kappa shape index (κ3) is 16.2. The second-order valence-corrected chi connectivity index (χ2v) is 41.4. The molecule has 15 nitrogen and oxygen atoms in total. The summed E-state index contributed by atoms with van der Waals surface area (Å²) in [6.45, 7) is 24.4. The summed E-state index contributed by atoms with van der Waals surface area (Å²) in [5, 5.41) is 23.6. The number of nitrogens with zero attached hydrogens (tertiary/aromatic N) is 10. The Hall–Kier alpha value is -16.0. The standard InChI is InChI=1S/C28H27N2O.C27H25N2O.C26H25N2O.C25H23N2O.C24H21N2O/c1-18-21-11-6-7-12-22(21)26-23-13-8-15-29-28(23)31-27(26)25(18)24-17-20(14-16-30(24)2)19-9-4-3-5-10-19;1-17-20-10-5-6-11-21(20)25-22-12-7-14-28-27(22)30-26(25)24(17)23-16-19(13-15-29(23)2)18-8-3-4-9-18;1-16-18-9-6-7-10-19(18)23-20-11-8-13-27-25(20)29-24(23)22(16)21-15-17(26(2,3)4)12-14-28(21)5;1-15(2)17-11-13-27(4)21(14-17)22-16(3)18-8-5-6-9-19(18)23-20-10-7-12-26-25(20)28-24(22)23;1-4-16-11-13-26(3)20(14-16)21-15(2)17-8-5-6-9-18(17)22-19-10-7-12-25-24(19)27-23(21)22/h6-8,11-17,19H,3-5,9-10H2,1-2H3;5-7,10-16,18H,3-4,8-9H2,1-2H3;6-15H,1-5H3;5-15H,1-4H3;5-14H,4H2,1-3H3/q5*+1. The predicted molar refractivity (Wildman–Crippen MR) is 591 cm³/mol. The molecule has 15 aromatic heterocycles. The lowest BCUT2D eigenvalue weighted by atomic mass is 9.83. The second kappa shape index (κ2) is 37.7. The van der Waals surface area contributed by atoms with Gasteiger partial charge in [-0.2, -0.15) is 0 Å². The van der Waals surface area contributed by atoms with Crippen LogP contribution in [0.15, 0.2) is 327 Å². The fraction of sp³-hybridized carbons (Fsp3) is 0.231. The summed E-state index contributed by atoms with van der Waals surface area (Å²) in [6, 6.07) is 86.4. The average molecular weight is 1900 g/mol. The van der Waals surface area contributed by atoms with E-state index in [9.17, 15) is 0 Å². The van der Waals surface area contributed by atoms with Crippen molar-refractivity contribution >= 4 is 164 Å². The van der Waals surface area contributed by atoms with Gasteiger partial charge in [-0.15, -0.1) is 0 Å². The first kappa shape index (κ1) is 92.7. The van der Waals surface area contributed by atoms with Crippen LogP contribution < -0.4 is 22.8 Å². The Labute approximate surface area is 843 Å². The minimum absolute atomic E-state index is 0.0717. The first-order valence-electron chi connectivity index (χ1n) is 51.5. The van der Waals surface area contributed by atoms with Crippen LogP contribution in [-0.2, 0) is 47.1 Å². The number of rotatable bonds is 9. The predicted octanol–water partition coefficient (Wildman–Crippen LogP) is 31.4. The van der Waals surface area contributed by atoms with E-state index in [4.69, 9.17) is 22.1 Å². The highest BCUT2D eigenvalue weighted by Crippen LogP contribution is 2.51. The van der Waals surface area contributed by atoms with E-state index in [1.807, 2.05) is 36.5 Å². The van der Waals surface area contributed by atoms with Crippen LogP contribution in [0.3, 0.4) is 0 Å². The van der Waals surface area contributed by atoms with Gasteiger partial charge in [-0.1, -0.05) is 195 Å². The molecule has 145 heavy (non-hydrogen) atoms. The summed E-state index contributed by atoms with van der Waals surface area (Å²) in [5.41, 5.74) is 33.0. The SMILES string of the molecule is CCc1cc[n+](C)c(-c2c(C)c3ccccc3c3c2oc2ncccc23)c1.Cc1c(-c2cc(C(C)(C)C)cc[n+]2C)c2oc3ncccc3c2c2ccccc12.Cc1c(-c2cc(C(C)C)cc[n+]2C)c2oc3ncccc3c2c2ccccc12.Cc1c(-c2cc(C3CCCC3)cc[n+]2C)c2oc3ncccc3c2c2ccccc12.Cc1c(-c2cc(C3CCCCC3)cc[n+]2C)c2oc3ncccc3c2c2ccccc12. The van der Waals surface area contributed by atoms with Crippen molar-refractivity contribution in [3.63, 3.8) is 0 Å². The molecule has 0 spiro atoms. The van der Waals surface area contributed by atoms with Crippen molar-refractivity contribution in [3.05, 3.63) is 360 Å². The van der Waals surface area contributed by atoms with Gasteiger partial charge in [0.15, 0.2) is 58.9 Å². The average Bonchev–Trinajstić information content (AvgIpc) is 1.63. The van der Waals surface area contributed by atoms with E-state index >= 15 is 0 Å². The zero-order valence-corrected chi connectivity index (χ0v) is 85.7. The molecule has 0 atom stereocenters. The van der Waals surface area contributed by atoms with Gasteiger partial charge in [0.2, 0.25) is 57.0 Å². The molecule has 0 amide bonds. The quantitative estimate of drug-likeness (QED) is 0.128. The molecule has 0 unspecified atom stereocenters. The monoisotopic (exact) mass is 1900 g/mol. The number of furan rings is 5. The summed E-state index contributed by atoms with van der Waals surface area (Å²) < 4.78 is 43.0. The Bertz CT molecular complexity index is 9480. The van der Waals surface area contributed by atoms with Gasteiger partial charge in [-0.25, -0.2) is 47.8 Å². The molecule has 25 aromatic rings. The lowest BCUT2D eigenvalue weighted by molar-refractivity contribution is -0.660. The van der Waals surface area contributed by atoms with Crippen LogP contribution in [0.25, 0.3) is 220 Å². The van der Waals surface area contributed by atoms with E-state index in [-0.39, 0.29) is 5.41 Å². The molecular weight excluding hydrogens is 1780 g/mol. The van der Waals surface area contributed by atoms with Crippen molar-refractivity contribution < 1.29 is 44.9 Å². The molecule has 0 bridgehead atoms. The molecule has 2 saturated carbocycles. The topological polar surface area (TPSA) is 150 Å². The molecule has 2 aliphatic carbocycles. The van der Waals surface area contributed by atoms with E-state index in [2.05, 4.69) is 402 Å². The molecule has 15 heteroatoms. The van der Waals surface area contributed by atoms with E-state index in [0.29, 0.717) is 46.3 Å². The van der Waals surface area contributed by atoms with Gasteiger partial charge in [0.05, 0.1) is 27.8 Å². The summed E-state index contributed by atoms with van der Waals surface area (Å²) in [4.78, 5) is 22.5. The number of hydrogen-bond donors (Lipinski definition) is 0. The Kier molecular flexibility index (Phi) is 24.1.